The second-order valence-electron chi connectivity index (χ2n) is 6.25. The fraction of sp³-hybridized carbons (Fsp3) is 0.647. The fourth-order valence-electron chi connectivity index (χ4n) is 3.30. The number of ether oxygens (including phenoxy) is 1. The number of hydrogen-bond donors (Lipinski definition) is 1. The van der Waals surface area contributed by atoms with Crippen molar-refractivity contribution in [2.24, 2.45) is 0 Å². The van der Waals surface area contributed by atoms with Gasteiger partial charge in [0.05, 0.1) is 0 Å². The summed E-state index contributed by atoms with van der Waals surface area (Å²) in [5.41, 5.74) is 5.58. The molecule has 1 aromatic carbocycles. The van der Waals surface area contributed by atoms with E-state index in [0.717, 1.165) is 18.6 Å². The molecular weight excluding hydrogens is 311 g/mol. The van der Waals surface area contributed by atoms with Crippen LogP contribution in [0.5, 0.6) is 5.75 Å². The van der Waals surface area contributed by atoms with E-state index < -0.39 is 20.3 Å². The van der Waals surface area contributed by atoms with E-state index in [9.17, 15) is 5.11 Å². The van der Waals surface area contributed by atoms with Crippen molar-refractivity contribution in [3.63, 3.8) is 0 Å². The van der Waals surface area contributed by atoms with Crippen LogP contribution >= 0.6 is 0 Å². The SMILES string of the molecule is COc1ccc(C(C[As](C)C)C2(O)CCCCC2)cc1. The molecule has 1 atom stereocenters. The maximum absolute atomic E-state index is 11.2. The number of aliphatic hydroxyl groups is 1. The van der Waals surface area contributed by atoms with Gasteiger partial charge in [-0.05, 0) is 0 Å². The number of hydrogen-bond acceptors (Lipinski definition) is 2. The summed E-state index contributed by atoms with van der Waals surface area (Å²) in [6.45, 7) is 0. The van der Waals surface area contributed by atoms with Crippen LogP contribution in [0.3, 0.4) is 0 Å². The first-order valence-electron chi connectivity index (χ1n) is 7.56. The van der Waals surface area contributed by atoms with Crippen LogP contribution in [0.4, 0.5) is 0 Å². The summed E-state index contributed by atoms with van der Waals surface area (Å²) in [5, 5.41) is 12.3. The zero-order valence-electron chi connectivity index (χ0n) is 12.9. The van der Waals surface area contributed by atoms with Gasteiger partial charge in [-0.1, -0.05) is 0 Å². The third kappa shape index (κ3) is 3.80. The van der Waals surface area contributed by atoms with Crippen molar-refractivity contribution >= 4 is 14.7 Å². The molecule has 0 heterocycles. The molecule has 0 aromatic heterocycles. The average molecular weight is 338 g/mol. The van der Waals surface area contributed by atoms with Gasteiger partial charge in [-0.25, -0.2) is 0 Å². The van der Waals surface area contributed by atoms with Crippen LogP contribution in [0.2, 0.25) is 16.6 Å². The van der Waals surface area contributed by atoms with E-state index in [2.05, 4.69) is 23.6 Å². The fourth-order valence-corrected chi connectivity index (χ4v) is 5.99. The quantitative estimate of drug-likeness (QED) is 0.814. The van der Waals surface area contributed by atoms with Crippen LogP contribution in [-0.2, 0) is 0 Å². The molecule has 2 rings (SSSR count). The topological polar surface area (TPSA) is 29.5 Å². The summed E-state index contributed by atoms with van der Waals surface area (Å²) < 4.78 is 5.25. The number of benzene rings is 1. The summed E-state index contributed by atoms with van der Waals surface area (Å²) in [6.07, 6.45) is 5.54. The maximum atomic E-state index is 11.2. The number of methoxy groups -OCH3 is 1. The van der Waals surface area contributed by atoms with Crippen LogP contribution < -0.4 is 4.74 Å². The molecule has 0 radical (unpaired) electrons. The first kappa shape index (κ1) is 15.9. The Morgan fingerprint density at radius 3 is 2.25 bits per heavy atom. The van der Waals surface area contributed by atoms with E-state index in [-0.39, 0.29) is 0 Å². The Morgan fingerprint density at radius 1 is 1.15 bits per heavy atom. The Hall–Kier alpha value is -0.462. The molecule has 20 heavy (non-hydrogen) atoms. The second kappa shape index (κ2) is 7.00. The van der Waals surface area contributed by atoms with Crippen LogP contribution in [0, 0.1) is 0 Å². The van der Waals surface area contributed by atoms with Crippen LogP contribution in [0.1, 0.15) is 43.6 Å². The van der Waals surface area contributed by atoms with Crippen molar-refractivity contribution in [3.8, 4) is 5.75 Å². The third-order valence-corrected chi connectivity index (χ3v) is 6.73. The van der Waals surface area contributed by atoms with Crippen molar-refractivity contribution in [2.45, 2.75) is 60.3 Å². The minimum atomic E-state index is -0.789. The van der Waals surface area contributed by atoms with Gasteiger partial charge in [-0.2, -0.15) is 0 Å². The van der Waals surface area contributed by atoms with Gasteiger partial charge < -0.3 is 0 Å². The van der Waals surface area contributed by atoms with Crippen molar-refractivity contribution in [1.29, 1.82) is 0 Å². The van der Waals surface area contributed by atoms with Gasteiger partial charge in [0, 0.05) is 0 Å². The molecule has 1 aromatic rings. The Labute approximate surface area is 127 Å². The molecule has 0 aliphatic heterocycles. The van der Waals surface area contributed by atoms with Gasteiger partial charge in [-0.3, -0.25) is 0 Å². The Morgan fingerprint density at radius 2 is 1.75 bits per heavy atom. The predicted octanol–water partition coefficient (Wildman–Crippen LogP) is 4.23. The molecule has 0 spiro atoms. The van der Waals surface area contributed by atoms with E-state index in [4.69, 9.17) is 4.74 Å². The first-order valence-corrected chi connectivity index (χ1v) is 12.6. The van der Waals surface area contributed by atoms with Crippen LogP contribution in [-0.4, -0.2) is 32.5 Å². The molecule has 0 bridgehead atoms. The van der Waals surface area contributed by atoms with Gasteiger partial charge in [-0.15, -0.1) is 0 Å². The zero-order chi connectivity index (χ0) is 14.6. The standard InChI is InChI=1S/C17H27AsO2/c1-18(2)13-16(17(19)11-5-4-6-12-17)14-7-9-15(20-3)10-8-14/h7-10,16,19H,4-6,11-13H2,1-3H3. The Balaban J connectivity index is 2.25. The zero-order valence-corrected chi connectivity index (χ0v) is 14.8. The summed E-state index contributed by atoms with van der Waals surface area (Å²) in [7, 11) is 1.70. The van der Waals surface area contributed by atoms with E-state index in [1.807, 2.05) is 12.1 Å². The summed E-state index contributed by atoms with van der Waals surface area (Å²) in [4.78, 5) is 0. The summed E-state index contributed by atoms with van der Waals surface area (Å²) in [6, 6.07) is 8.34. The van der Waals surface area contributed by atoms with Gasteiger partial charge in [0.25, 0.3) is 0 Å². The molecule has 1 aliphatic carbocycles. The average Bonchev–Trinajstić information content (AvgIpc) is 2.45. The monoisotopic (exact) mass is 338 g/mol. The van der Waals surface area contributed by atoms with Gasteiger partial charge in [0.2, 0.25) is 0 Å². The molecule has 1 unspecified atom stereocenters. The third-order valence-electron chi connectivity index (χ3n) is 4.43. The van der Waals surface area contributed by atoms with Crippen LogP contribution in [0.25, 0.3) is 0 Å². The van der Waals surface area contributed by atoms with E-state index in [1.165, 1.54) is 30.0 Å². The van der Waals surface area contributed by atoms with Crippen molar-refractivity contribution in [1.82, 2.24) is 0 Å². The van der Waals surface area contributed by atoms with E-state index >= 15 is 0 Å². The molecule has 0 saturated heterocycles. The Bertz CT molecular complexity index is 408. The first-order chi connectivity index (χ1) is 9.55. The molecule has 1 saturated carbocycles. The number of rotatable bonds is 5. The normalized spacial score (nSPS) is 19.9. The van der Waals surface area contributed by atoms with Gasteiger partial charge in [0.1, 0.15) is 0 Å². The molecule has 1 N–H and O–H groups in total. The van der Waals surface area contributed by atoms with E-state index in [0.29, 0.717) is 5.92 Å². The molecular formula is C17H27AsO2. The molecule has 3 heteroatoms. The molecule has 112 valence electrons. The van der Waals surface area contributed by atoms with Crippen molar-refractivity contribution in [2.75, 3.05) is 7.11 Å². The van der Waals surface area contributed by atoms with Gasteiger partial charge in [0.15, 0.2) is 0 Å². The van der Waals surface area contributed by atoms with Crippen molar-refractivity contribution in [3.05, 3.63) is 29.8 Å². The van der Waals surface area contributed by atoms with Crippen LogP contribution in [0.15, 0.2) is 24.3 Å². The Kier molecular flexibility index (Phi) is 5.57. The van der Waals surface area contributed by atoms with Crippen molar-refractivity contribution < 1.29 is 9.84 Å². The molecule has 0 amide bonds. The minimum absolute atomic E-state index is 0.309. The van der Waals surface area contributed by atoms with Gasteiger partial charge >= 0.3 is 127 Å². The predicted molar refractivity (Wildman–Crippen MR) is 86.1 cm³/mol. The van der Waals surface area contributed by atoms with E-state index in [1.54, 1.807) is 7.11 Å². The molecule has 1 fully saturated rings. The molecule has 1 aliphatic rings. The second-order valence-corrected chi connectivity index (χ2v) is 11.5. The summed E-state index contributed by atoms with van der Waals surface area (Å²) >= 11 is -0.789. The molecule has 2 nitrogen and oxygen atoms in total. The summed E-state index contributed by atoms with van der Waals surface area (Å²) in [5.74, 6) is 1.20.